The predicted octanol–water partition coefficient (Wildman–Crippen LogP) is 2.24. The number of phenolic OH excluding ortho intramolecular Hbond substituents is 1. The zero-order valence-corrected chi connectivity index (χ0v) is 10.6. The van der Waals surface area contributed by atoms with Crippen molar-refractivity contribution in [2.75, 3.05) is 4.72 Å². The smallest absolute Gasteiger partial charge is 0.263 e. The van der Waals surface area contributed by atoms with E-state index in [4.69, 9.17) is 11.6 Å². The molecule has 0 unspecified atom stereocenters. The van der Waals surface area contributed by atoms with Crippen LogP contribution in [0.5, 0.6) is 5.75 Å². The molecule has 0 spiro atoms. The molecule has 0 saturated carbocycles. The van der Waals surface area contributed by atoms with Crippen LogP contribution in [0.4, 0.5) is 5.69 Å². The maximum absolute atomic E-state index is 11.9. The minimum Gasteiger partial charge on any atom is -0.508 e. The third kappa shape index (κ3) is 2.91. The largest absolute Gasteiger partial charge is 0.508 e. The molecule has 1 aromatic carbocycles. The van der Waals surface area contributed by atoms with Gasteiger partial charge in [-0.15, -0.1) is 0 Å². The zero-order chi connectivity index (χ0) is 13.2. The van der Waals surface area contributed by atoms with E-state index >= 15 is 0 Å². The SMILES string of the molecule is O=S(=O)(Nc1cccc(O)c1)c1ccc(Cl)nc1. The van der Waals surface area contributed by atoms with E-state index in [1.165, 1.54) is 36.4 Å². The van der Waals surface area contributed by atoms with Crippen molar-refractivity contribution in [2.24, 2.45) is 0 Å². The van der Waals surface area contributed by atoms with Crippen LogP contribution < -0.4 is 4.72 Å². The van der Waals surface area contributed by atoms with Gasteiger partial charge in [-0.25, -0.2) is 13.4 Å². The first-order chi connectivity index (χ1) is 8.47. The fourth-order valence-electron chi connectivity index (χ4n) is 1.30. The normalized spacial score (nSPS) is 11.2. The summed E-state index contributed by atoms with van der Waals surface area (Å²) in [5.74, 6) is -0.0237. The van der Waals surface area contributed by atoms with Gasteiger partial charge in [-0.05, 0) is 24.3 Å². The Labute approximate surface area is 109 Å². The summed E-state index contributed by atoms with van der Waals surface area (Å²) in [6.07, 6.45) is 1.16. The van der Waals surface area contributed by atoms with Crippen LogP contribution >= 0.6 is 11.6 Å². The van der Waals surface area contributed by atoms with Crippen LogP contribution in [0.2, 0.25) is 5.15 Å². The molecule has 0 radical (unpaired) electrons. The van der Waals surface area contributed by atoms with Crippen LogP contribution in [-0.2, 0) is 10.0 Å². The van der Waals surface area contributed by atoms with Crippen molar-refractivity contribution in [1.82, 2.24) is 4.98 Å². The highest BCUT2D eigenvalue weighted by atomic mass is 35.5. The number of hydrogen-bond acceptors (Lipinski definition) is 4. The number of aromatic nitrogens is 1. The minimum atomic E-state index is -3.73. The van der Waals surface area contributed by atoms with Crippen molar-refractivity contribution < 1.29 is 13.5 Å². The standard InChI is InChI=1S/C11H9ClN2O3S/c12-11-5-4-10(7-13-11)18(16,17)14-8-2-1-3-9(15)6-8/h1-7,14-15H. The molecular formula is C11H9ClN2O3S. The molecule has 0 amide bonds. The fourth-order valence-corrected chi connectivity index (χ4v) is 2.41. The van der Waals surface area contributed by atoms with E-state index in [-0.39, 0.29) is 21.5 Å². The number of rotatable bonds is 3. The highest BCUT2D eigenvalue weighted by Crippen LogP contribution is 2.19. The molecular weight excluding hydrogens is 276 g/mol. The number of phenols is 1. The zero-order valence-electron chi connectivity index (χ0n) is 9.04. The molecule has 0 fully saturated rings. The van der Waals surface area contributed by atoms with Crippen LogP contribution in [0.15, 0.2) is 47.5 Å². The maximum atomic E-state index is 11.9. The lowest BCUT2D eigenvalue weighted by atomic mass is 10.3. The number of anilines is 1. The molecule has 0 bridgehead atoms. The Hall–Kier alpha value is -1.79. The molecule has 2 rings (SSSR count). The van der Waals surface area contributed by atoms with Crippen LogP contribution in [0.3, 0.4) is 0 Å². The van der Waals surface area contributed by atoms with E-state index in [9.17, 15) is 13.5 Å². The van der Waals surface area contributed by atoms with Crippen LogP contribution in [0.1, 0.15) is 0 Å². The lowest BCUT2D eigenvalue weighted by Gasteiger charge is -2.07. The van der Waals surface area contributed by atoms with Crippen molar-refractivity contribution in [2.45, 2.75) is 4.90 Å². The topological polar surface area (TPSA) is 79.3 Å². The number of nitrogens with one attached hydrogen (secondary N) is 1. The van der Waals surface area contributed by atoms with E-state index in [2.05, 4.69) is 9.71 Å². The second-order valence-corrected chi connectivity index (χ2v) is 5.54. The molecule has 1 heterocycles. The minimum absolute atomic E-state index is 0.00440. The van der Waals surface area contributed by atoms with Gasteiger partial charge in [-0.1, -0.05) is 17.7 Å². The summed E-state index contributed by atoms with van der Waals surface area (Å²) in [7, 11) is -3.73. The first kappa shape index (κ1) is 12.7. The second kappa shape index (κ2) is 4.83. The Balaban J connectivity index is 2.30. The van der Waals surface area contributed by atoms with E-state index in [0.29, 0.717) is 0 Å². The molecule has 0 aliphatic carbocycles. The molecule has 0 atom stereocenters. The first-order valence-corrected chi connectivity index (χ1v) is 6.77. The molecule has 7 heteroatoms. The van der Waals surface area contributed by atoms with Crippen LogP contribution in [0.25, 0.3) is 0 Å². The summed E-state index contributed by atoms with van der Waals surface area (Å²) in [6, 6.07) is 8.55. The van der Waals surface area contributed by atoms with Gasteiger partial charge in [0.1, 0.15) is 15.8 Å². The Morgan fingerprint density at radius 1 is 1.22 bits per heavy atom. The number of halogens is 1. The summed E-state index contributed by atoms with van der Waals surface area (Å²) in [4.78, 5) is 3.70. The van der Waals surface area contributed by atoms with Gasteiger partial charge in [-0.3, -0.25) is 4.72 Å². The van der Waals surface area contributed by atoms with Crippen LogP contribution in [0, 0.1) is 0 Å². The summed E-state index contributed by atoms with van der Waals surface area (Å²) >= 11 is 5.58. The molecule has 0 aliphatic rings. The number of benzene rings is 1. The Kier molecular flexibility index (Phi) is 3.40. The summed E-state index contributed by atoms with van der Waals surface area (Å²) in [6.45, 7) is 0. The monoisotopic (exact) mass is 284 g/mol. The third-order valence-corrected chi connectivity index (χ3v) is 3.70. The molecule has 5 nitrogen and oxygen atoms in total. The molecule has 2 N–H and O–H groups in total. The quantitative estimate of drug-likeness (QED) is 0.847. The molecule has 18 heavy (non-hydrogen) atoms. The molecule has 1 aromatic heterocycles. The maximum Gasteiger partial charge on any atom is 0.263 e. The molecule has 94 valence electrons. The van der Waals surface area contributed by atoms with E-state index < -0.39 is 10.0 Å². The molecule has 2 aromatic rings. The highest BCUT2D eigenvalue weighted by molar-refractivity contribution is 7.92. The highest BCUT2D eigenvalue weighted by Gasteiger charge is 2.14. The number of aromatic hydroxyl groups is 1. The van der Waals surface area contributed by atoms with Gasteiger partial charge in [-0.2, -0.15) is 0 Å². The number of nitrogens with zero attached hydrogens (tertiary/aromatic N) is 1. The van der Waals surface area contributed by atoms with Crippen molar-refractivity contribution in [3.8, 4) is 5.75 Å². The van der Waals surface area contributed by atoms with Gasteiger partial charge in [0.05, 0.1) is 5.69 Å². The summed E-state index contributed by atoms with van der Waals surface area (Å²) < 4.78 is 26.2. The Morgan fingerprint density at radius 3 is 2.61 bits per heavy atom. The van der Waals surface area contributed by atoms with E-state index in [1.54, 1.807) is 0 Å². The summed E-state index contributed by atoms with van der Waals surface area (Å²) in [5.41, 5.74) is 0.268. The number of sulfonamides is 1. The van der Waals surface area contributed by atoms with Crippen molar-refractivity contribution in [1.29, 1.82) is 0 Å². The van der Waals surface area contributed by atoms with Gasteiger partial charge in [0.2, 0.25) is 0 Å². The number of hydrogen-bond donors (Lipinski definition) is 2. The first-order valence-electron chi connectivity index (χ1n) is 4.91. The Bertz CT molecular complexity index is 656. The lowest BCUT2D eigenvalue weighted by Crippen LogP contribution is -2.13. The third-order valence-electron chi connectivity index (χ3n) is 2.11. The lowest BCUT2D eigenvalue weighted by molar-refractivity contribution is 0.475. The van der Waals surface area contributed by atoms with E-state index in [0.717, 1.165) is 6.20 Å². The average Bonchev–Trinajstić information content (AvgIpc) is 2.29. The van der Waals surface area contributed by atoms with Crippen molar-refractivity contribution in [3.63, 3.8) is 0 Å². The Morgan fingerprint density at radius 2 is 2.00 bits per heavy atom. The van der Waals surface area contributed by atoms with Crippen molar-refractivity contribution in [3.05, 3.63) is 47.7 Å². The summed E-state index contributed by atoms with van der Waals surface area (Å²) in [5, 5.41) is 9.47. The number of pyridine rings is 1. The van der Waals surface area contributed by atoms with Gasteiger partial charge >= 0.3 is 0 Å². The van der Waals surface area contributed by atoms with Crippen LogP contribution in [-0.4, -0.2) is 18.5 Å². The van der Waals surface area contributed by atoms with Gasteiger partial charge in [0.25, 0.3) is 10.0 Å². The molecule has 0 aliphatic heterocycles. The fraction of sp³-hybridized carbons (Fsp3) is 0. The second-order valence-electron chi connectivity index (χ2n) is 3.47. The van der Waals surface area contributed by atoms with E-state index in [1.807, 2.05) is 0 Å². The van der Waals surface area contributed by atoms with Crippen molar-refractivity contribution >= 4 is 27.3 Å². The van der Waals surface area contributed by atoms with Gasteiger partial charge in [0, 0.05) is 12.3 Å². The molecule has 0 saturated heterocycles. The van der Waals surface area contributed by atoms with Gasteiger partial charge in [0.15, 0.2) is 0 Å². The van der Waals surface area contributed by atoms with Gasteiger partial charge < -0.3 is 5.11 Å². The predicted molar refractivity (Wildman–Crippen MR) is 68.2 cm³/mol. The average molecular weight is 285 g/mol.